The first kappa shape index (κ1) is 10.3. The Labute approximate surface area is 78.9 Å². The molecule has 1 saturated heterocycles. The van der Waals surface area contributed by atoms with E-state index in [4.69, 9.17) is 11.6 Å². The maximum Gasteiger partial charge on any atom is 0.0906 e. The lowest BCUT2D eigenvalue weighted by Gasteiger charge is -2.30. The number of hydrogen-bond donors (Lipinski definition) is 0. The average Bonchev–Trinajstić information content (AvgIpc) is 2.15. The summed E-state index contributed by atoms with van der Waals surface area (Å²) in [4.78, 5) is 2.34. The van der Waals surface area contributed by atoms with Crippen LogP contribution in [0.4, 0.5) is 4.39 Å². The fraction of sp³-hybridized carbons (Fsp3) is 1.00. The van der Waals surface area contributed by atoms with E-state index in [0.717, 1.165) is 25.5 Å². The van der Waals surface area contributed by atoms with Crippen molar-refractivity contribution in [3.8, 4) is 0 Å². The predicted molar refractivity (Wildman–Crippen MR) is 50.5 cm³/mol. The van der Waals surface area contributed by atoms with E-state index in [0.29, 0.717) is 12.3 Å². The third kappa shape index (κ3) is 3.28. The third-order valence-corrected chi connectivity index (χ3v) is 2.97. The van der Waals surface area contributed by atoms with Gasteiger partial charge in [-0.05, 0) is 38.3 Å². The highest BCUT2D eigenvalue weighted by molar-refractivity contribution is 6.18. The zero-order valence-corrected chi connectivity index (χ0v) is 8.19. The molecule has 1 aliphatic rings. The summed E-state index contributed by atoms with van der Waals surface area (Å²) in [5.41, 5.74) is 0. The van der Waals surface area contributed by atoms with Crippen LogP contribution in [-0.2, 0) is 0 Å². The number of piperidine rings is 1. The molecular weight excluding hydrogens is 177 g/mol. The largest absolute Gasteiger partial charge is 0.303 e. The summed E-state index contributed by atoms with van der Waals surface area (Å²) in [5, 5.41) is 0. The molecule has 72 valence electrons. The molecule has 1 rings (SSSR count). The molecule has 1 fully saturated rings. The summed E-state index contributed by atoms with van der Waals surface area (Å²) < 4.78 is 11.8. The second kappa shape index (κ2) is 5.76. The highest BCUT2D eigenvalue weighted by Crippen LogP contribution is 2.18. The van der Waals surface area contributed by atoms with E-state index in [-0.39, 0.29) is 6.67 Å². The first-order chi connectivity index (χ1) is 5.86. The van der Waals surface area contributed by atoms with Gasteiger partial charge in [0, 0.05) is 12.4 Å². The number of likely N-dealkylation sites (tertiary alicyclic amines) is 1. The van der Waals surface area contributed by atoms with Crippen LogP contribution < -0.4 is 0 Å². The van der Waals surface area contributed by atoms with Gasteiger partial charge >= 0.3 is 0 Å². The van der Waals surface area contributed by atoms with E-state index in [1.54, 1.807) is 0 Å². The molecule has 0 atom stereocenters. The van der Waals surface area contributed by atoms with Crippen molar-refractivity contribution in [3.63, 3.8) is 0 Å². The van der Waals surface area contributed by atoms with Crippen molar-refractivity contribution in [2.45, 2.75) is 19.3 Å². The van der Waals surface area contributed by atoms with Crippen LogP contribution in [0.1, 0.15) is 19.3 Å². The zero-order valence-electron chi connectivity index (χ0n) is 7.44. The standard InChI is InChI=1S/C9H17ClFN/c10-8-9-2-6-12(7-3-9)5-1-4-11/h9H,1-8H2. The van der Waals surface area contributed by atoms with Gasteiger partial charge in [-0.15, -0.1) is 11.6 Å². The molecule has 0 bridgehead atoms. The van der Waals surface area contributed by atoms with Crippen LogP contribution in [0.25, 0.3) is 0 Å². The maximum atomic E-state index is 11.8. The summed E-state index contributed by atoms with van der Waals surface area (Å²) in [6, 6.07) is 0. The molecule has 0 saturated carbocycles. The minimum atomic E-state index is -0.185. The van der Waals surface area contributed by atoms with Crippen LogP contribution in [0.15, 0.2) is 0 Å². The van der Waals surface area contributed by atoms with E-state index < -0.39 is 0 Å². The first-order valence-corrected chi connectivity index (χ1v) is 5.24. The summed E-state index contributed by atoms with van der Waals surface area (Å²) >= 11 is 5.75. The molecule has 0 aromatic carbocycles. The third-order valence-electron chi connectivity index (χ3n) is 2.53. The molecule has 0 unspecified atom stereocenters. The zero-order chi connectivity index (χ0) is 8.81. The minimum Gasteiger partial charge on any atom is -0.303 e. The van der Waals surface area contributed by atoms with E-state index in [1.165, 1.54) is 12.8 Å². The lowest BCUT2D eigenvalue weighted by Crippen LogP contribution is -2.35. The quantitative estimate of drug-likeness (QED) is 0.620. The highest BCUT2D eigenvalue weighted by atomic mass is 35.5. The number of nitrogens with zero attached hydrogens (tertiary/aromatic N) is 1. The monoisotopic (exact) mass is 193 g/mol. The predicted octanol–water partition coefficient (Wildman–Crippen LogP) is 2.30. The van der Waals surface area contributed by atoms with Crippen molar-refractivity contribution in [2.75, 3.05) is 32.2 Å². The van der Waals surface area contributed by atoms with Crippen molar-refractivity contribution >= 4 is 11.6 Å². The van der Waals surface area contributed by atoms with Crippen molar-refractivity contribution in [2.24, 2.45) is 5.92 Å². The van der Waals surface area contributed by atoms with E-state index in [9.17, 15) is 4.39 Å². The molecule has 0 spiro atoms. The molecule has 0 N–H and O–H groups in total. The Balaban J connectivity index is 2.09. The van der Waals surface area contributed by atoms with Gasteiger partial charge < -0.3 is 4.90 Å². The lowest BCUT2D eigenvalue weighted by atomic mass is 9.99. The Bertz CT molecular complexity index is 113. The van der Waals surface area contributed by atoms with Gasteiger partial charge in [-0.3, -0.25) is 4.39 Å². The fourth-order valence-corrected chi connectivity index (χ4v) is 1.96. The summed E-state index contributed by atoms with van der Waals surface area (Å²) in [5.74, 6) is 1.49. The Morgan fingerprint density at radius 2 is 2.00 bits per heavy atom. The second-order valence-electron chi connectivity index (χ2n) is 3.48. The van der Waals surface area contributed by atoms with Crippen LogP contribution in [0.3, 0.4) is 0 Å². The average molecular weight is 194 g/mol. The molecule has 12 heavy (non-hydrogen) atoms. The number of alkyl halides is 2. The number of halogens is 2. The molecule has 1 nitrogen and oxygen atoms in total. The van der Waals surface area contributed by atoms with Gasteiger partial charge in [0.15, 0.2) is 0 Å². The maximum absolute atomic E-state index is 11.8. The normalized spacial score (nSPS) is 21.5. The molecule has 3 heteroatoms. The van der Waals surface area contributed by atoms with E-state index in [1.807, 2.05) is 0 Å². The molecule has 0 aromatic rings. The fourth-order valence-electron chi connectivity index (χ4n) is 1.65. The summed E-state index contributed by atoms with van der Waals surface area (Å²) in [6.45, 7) is 2.95. The molecule has 0 amide bonds. The first-order valence-electron chi connectivity index (χ1n) is 4.71. The Kier molecular flexibility index (Phi) is 4.93. The van der Waals surface area contributed by atoms with E-state index in [2.05, 4.69) is 4.90 Å². The van der Waals surface area contributed by atoms with Gasteiger partial charge in [-0.2, -0.15) is 0 Å². The minimum absolute atomic E-state index is 0.185. The van der Waals surface area contributed by atoms with Crippen LogP contribution >= 0.6 is 11.6 Å². The highest BCUT2D eigenvalue weighted by Gasteiger charge is 2.17. The van der Waals surface area contributed by atoms with Gasteiger partial charge in [-0.25, -0.2) is 0 Å². The van der Waals surface area contributed by atoms with Gasteiger partial charge in [0.1, 0.15) is 0 Å². The Hall–Kier alpha value is 0.180. The van der Waals surface area contributed by atoms with Gasteiger partial charge in [0.05, 0.1) is 6.67 Å². The van der Waals surface area contributed by atoms with Crippen molar-refractivity contribution in [1.29, 1.82) is 0 Å². The molecule has 1 heterocycles. The Morgan fingerprint density at radius 1 is 1.33 bits per heavy atom. The molecule has 0 radical (unpaired) electrons. The molecule has 0 aromatic heterocycles. The summed E-state index contributed by atoms with van der Waals surface area (Å²) in [6.07, 6.45) is 3.07. The SMILES string of the molecule is FCCCN1CCC(CCl)CC1. The topological polar surface area (TPSA) is 3.24 Å². The smallest absolute Gasteiger partial charge is 0.0906 e. The van der Waals surface area contributed by atoms with Crippen molar-refractivity contribution in [3.05, 3.63) is 0 Å². The van der Waals surface area contributed by atoms with Crippen LogP contribution in [0.2, 0.25) is 0 Å². The van der Waals surface area contributed by atoms with E-state index >= 15 is 0 Å². The van der Waals surface area contributed by atoms with Gasteiger partial charge in [0.2, 0.25) is 0 Å². The van der Waals surface area contributed by atoms with Crippen molar-refractivity contribution < 1.29 is 4.39 Å². The summed E-state index contributed by atoms with van der Waals surface area (Å²) in [7, 11) is 0. The van der Waals surface area contributed by atoms with Crippen molar-refractivity contribution in [1.82, 2.24) is 4.90 Å². The molecule has 1 aliphatic heterocycles. The van der Waals surface area contributed by atoms with Crippen LogP contribution in [0.5, 0.6) is 0 Å². The number of hydrogen-bond acceptors (Lipinski definition) is 1. The lowest BCUT2D eigenvalue weighted by molar-refractivity contribution is 0.187. The second-order valence-corrected chi connectivity index (χ2v) is 3.79. The van der Waals surface area contributed by atoms with Gasteiger partial charge in [0.25, 0.3) is 0 Å². The van der Waals surface area contributed by atoms with Crippen LogP contribution in [0, 0.1) is 5.92 Å². The Morgan fingerprint density at radius 3 is 2.50 bits per heavy atom. The molecule has 0 aliphatic carbocycles. The number of rotatable bonds is 4. The molecular formula is C9H17ClFN. The van der Waals surface area contributed by atoms with Gasteiger partial charge in [-0.1, -0.05) is 0 Å². The van der Waals surface area contributed by atoms with Crippen LogP contribution in [-0.4, -0.2) is 37.1 Å².